The van der Waals surface area contributed by atoms with Crippen LogP contribution in [0.5, 0.6) is 0 Å². The first-order valence-electron chi connectivity index (χ1n) is 7.98. The second kappa shape index (κ2) is 6.47. The topological polar surface area (TPSA) is 47.3 Å². The summed E-state index contributed by atoms with van der Waals surface area (Å²) in [5.41, 5.74) is 5.98. The van der Waals surface area contributed by atoms with Crippen molar-refractivity contribution < 1.29 is 4.74 Å². The van der Waals surface area contributed by atoms with E-state index in [9.17, 15) is 0 Å². The van der Waals surface area contributed by atoms with Gasteiger partial charge in [-0.05, 0) is 55.6 Å². The third-order valence-corrected chi connectivity index (χ3v) is 5.38. The van der Waals surface area contributed by atoms with Crippen molar-refractivity contribution >= 4 is 0 Å². The monoisotopic (exact) mass is 290 g/mol. The molecular formula is C18H30N2O. The molecule has 2 rings (SSSR count). The normalized spacial score (nSPS) is 22.0. The summed E-state index contributed by atoms with van der Waals surface area (Å²) in [5, 5.41) is 0. The molecule has 1 aliphatic carbocycles. The lowest BCUT2D eigenvalue weighted by Crippen LogP contribution is -2.57. The lowest BCUT2D eigenvalue weighted by atomic mass is 9.67. The third kappa shape index (κ3) is 3.65. The molecule has 3 heteroatoms. The number of hydrogen-bond donors (Lipinski definition) is 2. The number of aryl methyl sites for hydroxylation is 1. The Hall–Kier alpha value is -0.900. The number of ether oxygens (including phenoxy) is 1. The van der Waals surface area contributed by atoms with E-state index in [4.69, 9.17) is 10.6 Å². The predicted molar refractivity (Wildman–Crippen MR) is 88.0 cm³/mol. The molecule has 1 aromatic rings. The Bertz CT molecular complexity index is 460. The molecule has 0 bridgehead atoms. The summed E-state index contributed by atoms with van der Waals surface area (Å²) < 4.78 is 5.99. The molecule has 118 valence electrons. The van der Waals surface area contributed by atoms with Crippen LogP contribution in [0.3, 0.4) is 0 Å². The number of methoxy groups -OCH3 is 1. The first kappa shape index (κ1) is 16.5. The number of nitrogens with two attached hydrogens (primary N) is 1. The second-order valence-corrected chi connectivity index (χ2v) is 7.28. The van der Waals surface area contributed by atoms with E-state index in [1.54, 1.807) is 0 Å². The van der Waals surface area contributed by atoms with Gasteiger partial charge in [0.1, 0.15) is 0 Å². The van der Waals surface area contributed by atoms with Crippen LogP contribution < -0.4 is 11.3 Å². The fraction of sp³-hybridized carbons (Fsp3) is 0.667. The summed E-state index contributed by atoms with van der Waals surface area (Å²) in [5.74, 6) is 5.90. The van der Waals surface area contributed by atoms with Gasteiger partial charge in [0, 0.05) is 7.11 Å². The van der Waals surface area contributed by atoms with E-state index in [-0.39, 0.29) is 11.6 Å². The van der Waals surface area contributed by atoms with Gasteiger partial charge in [-0.15, -0.1) is 0 Å². The van der Waals surface area contributed by atoms with E-state index in [0.717, 1.165) is 19.3 Å². The Kier molecular flexibility index (Phi) is 5.07. The van der Waals surface area contributed by atoms with E-state index in [0.29, 0.717) is 5.41 Å². The van der Waals surface area contributed by atoms with Crippen LogP contribution in [0.15, 0.2) is 24.3 Å². The van der Waals surface area contributed by atoms with Crippen LogP contribution in [0.2, 0.25) is 0 Å². The molecule has 0 aromatic heterocycles. The molecule has 3 N–H and O–H groups in total. The zero-order valence-corrected chi connectivity index (χ0v) is 13.9. The average molecular weight is 290 g/mol. The van der Waals surface area contributed by atoms with E-state index in [1.165, 1.54) is 24.0 Å². The van der Waals surface area contributed by atoms with Gasteiger partial charge in [-0.25, -0.2) is 0 Å². The van der Waals surface area contributed by atoms with Gasteiger partial charge in [0.15, 0.2) is 0 Å². The molecule has 1 saturated carbocycles. The van der Waals surface area contributed by atoms with E-state index in [2.05, 4.69) is 50.5 Å². The maximum Gasteiger partial charge on any atom is 0.0848 e. The minimum Gasteiger partial charge on any atom is -0.377 e. The molecular weight excluding hydrogens is 260 g/mol. The Morgan fingerprint density at radius 3 is 2.33 bits per heavy atom. The summed E-state index contributed by atoms with van der Waals surface area (Å²) in [7, 11) is 1.83. The van der Waals surface area contributed by atoms with Gasteiger partial charge in [0.2, 0.25) is 0 Å². The molecule has 3 nitrogen and oxygen atoms in total. The largest absolute Gasteiger partial charge is 0.377 e. The molecule has 0 spiro atoms. The summed E-state index contributed by atoms with van der Waals surface area (Å²) in [6.07, 6.45) is 5.42. The highest BCUT2D eigenvalue weighted by Crippen LogP contribution is 2.43. The lowest BCUT2D eigenvalue weighted by molar-refractivity contribution is -0.0862. The number of benzene rings is 1. The van der Waals surface area contributed by atoms with Crippen molar-refractivity contribution in [2.24, 2.45) is 11.3 Å². The van der Waals surface area contributed by atoms with Gasteiger partial charge in [0.05, 0.1) is 11.6 Å². The second-order valence-electron chi connectivity index (χ2n) is 7.28. The smallest absolute Gasteiger partial charge is 0.0848 e. The number of hydrazine groups is 1. The summed E-state index contributed by atoms with van der Waals surface area (Å²) in [4.78, 5) is 0. The van der Waals surface area contributed by atoms with E-state index in [1.807, 2.05) is 7.11 Å². The summed E-state index contributed by atoms with van der Waals surface area (Å²) in [6.45, 7) is 6.85. The highest BCUT2D eigenvalue weighted by molar-refractivity contribution is 5.27. The van der Waals surface area contributed by atoms with Crippen molar-refractivity contribution in [2.45, 2.75) is 64.5 Å². The van der Waals surface area contributed by atoms with Crippen molar-refractivity contribution in [3.8, 4) is 0 Å². The van der Waals surface area contributed by atoms with Gasteiger partial charge in [0.25, 0.3) is 0 Å². The molecule has 1 atom stereocenters. The molecule has 1 unspecified atom stereocenters. The van der Waals surface area contributed by atoms with Crippen molar-refractivity contribution in [1.82, 2.24) is 5.43 Å². The first-order chi connectivity index (χ1) is 9.92. The van der Waals surface area contributed by atoms with E-state index >= 15 is 0 Å². The van der Waals surface area contributed by atoms with Gasteiger partial charge in [-0.2, -0.15) is 0 Å². The highest BCUT2D eigenvalue weighted by Gasteiger charge is 2.43. The standard InChI is InChI=1S/C18H30N2O/c1-14-7-5-6-8-15(14)13-16(20-19)18(21-4)11-9-17(2,3)10-12-18/h5-8,16,20H,9-13,19H2,1-4H3. The van der Waals surface area contributed by atoms with E-state index < -0.39 is 0 Å². The zero-order chi connectivity index (χ0) is 15.5. The van der Waals surface area contributed by atoms with Crippen LogP contribution in [-0.2, 0) is 11.2 Å². The van der Waals surface area contributed by atoms with Crippen molar-refractivity contribution in [1.29, 1.82) is 0 Å². The van der Waals surface area contributed by atoms with Crippen LogP contribution in [-0.4, -0.2) is 18.8 Å². The molecule has 1 fully saturated rings. The molecule has 1 aliphatic rings. The van der Waals surface area contributed by atoms with Crippen LogP contribution in [0.4, 0.5) is 0 Å². The maximum atomic E-state index is 5.99. The third-order valence-electron chi connectivity index (χ3n) is 5.38. The molecule has 0 radical (unpaired) electrons. The Balaban J connectivity index is 2.17. The highest BCUT2D eigenvalue weighted by atomic mass is 16.5. The van der Waals surface area contributed by atoms with Crippen LogP contribution in [0, 0.1) is 12.3 Å². The quantitative estimate of drug-likeness (QED) is 0.646. The molecule has 21 heavy (non-hydrogen) atoms. The molecule has 0 amide bonds. The zero-order valence-electron chi connectivity index (χ0n) is 13.9. The molecule has 0 aliphatic heterocycles. The van der Waals surface area contributed by atoms with Gasteiger partial charge < -0.3 is 4.74 Å². The van der Waals surface area contributed by atoms with Gasteiger partial charge in [-0.3, -0.25) is 11.3 Å². The van der Waals surface area contributed by atoms with Crippen LogP contribution >= 0.6 is 0 Å². The van der Waals surface area contributed by atoms with Crippen molar-refractivity contribution in [3.05, 3.63) is 35.4 Å². The Morgan fingerprint density at radius 2 is 1.81 bits per heavy atom. The minimum absolute atomic E-state index is 0.146. The maximum absolute atomic E-state index is 5.99. The van der Waals surface area contributed by atoms with Crippen molar-refractivity contribution in [2.75, 3.05) is 7.11 Å². The summed E-state index contributed by atoms with van der Waals surface area (Å²) >= 11 is 0. The Labute approximate surface area is 129 Å². The molecule has 0 saturated heterocycles. The molecule has 0 heterocycles. The van der Waals surface area contributed by atoms with Crippen LogP contribution in [0.1, 0.15) is 50.7 Å². The van der Waals surface area contributed by atoms with Gasteiger partial charge in [-0.1, -0.05) is 38.1 Å². The van der Waals surface area contributed by atoms with Crippen molar-refractivity contribution in [3.63, 3.8) is 0 Å². The summed E-state index contributed by atoms with van der Waals surface area (Å²) in [6, 6.07) is 8.68. The van der Waals surface area contributed by atoms with Gasteiger partial charge >= 0.3 is 0 Å². The fourth-order valence-electron chi connectivity index (χ4n) is 3.50. The SMILES string of the molecule is COC1(C(Cc2ccccc2C)NN)CCC(C)(C)CC1. The number of rotatable bonds is 5. The minimum atomic E-state index is -0.146. The number of hydrogen-bond acceptors (Lipinski definition) is 3. The van der Waals surface area contributed by atoms with Crippen LogP contribution in [0.25, 0.3) is 0 Å². The first-order valence-corrected chi connectivity index (χ1v) is 7.98. The predicted octanol–water partition coefficient (Wildman–Crippen LogP) is 3.35. The lowest BCUT2D eigenvalue weighted by Gasteiger charge is -2.47. The molecule has 1 aromatic carbocycles. The average Bonchev–Trinajstić information content (AvgIpc) is 2.47. The Morgan fingerprint density at radius 1 is 1.19 bits per heavy atom. The fourth-order valence-corrected chi connectivity index (χ4v) is 3.50. The number of nitrogens with one attached hydrogen (secondary N) is 1.